The van der Waals surface area contributed by atoms with Crippen LogP contribution in [-0.4, -0.2) is 51.7 Å². The van der Waals surface area contributed by atoms with E-state index in [9.17, 15) is 9.18 Å². The maximum absolute atomic E-state index is 13.0. The number of aromatic nitrogens is 2. The number of benzene rings is 1. The van der Waals surface area contributed by atoms with Crippen LogP contribution in [-0.2, 0) is 17.9 Å². The maximum atomic E-state index is 13.0. The van der Waals surface area contributed by atoms with Crippen molar-refractivity contribution in [2.75, 3.05) is 26.2 Å². The number of amides is 1. The second-order valence-corrected chi connectivity index (χ2v) is 7.43. The Kier molecular flexibility index (Phi) is 5.86. The second kappa shape index (κ2) is 8.10. The van der Waals surface area contributed by atoms with Crippen LogP contribution in [0.5, 0.6) is 0 Å². The molecule has 3 rings (SSSR count). The van der Waals surface area contributed by atoms with Crippen molar-refractivity contribution in [1.82, 2.24) is 19.6 Å². The minimum atomic E-state index is -0.211. The summed E-state index contributed by atoms with van der Waals surface area (Å²) in [4.78, 5) is 16.9. The topological polar surface area (TPSA) is 41.4 Å². The molecular formula is C18H22BrFN4O. The van der Waals surface area contributed by atoms with Crippen LogP contribution in [0.3, 0.4) is 0 Å². The lowest BCUT2D eigenvalue weighted by Gasteiger charge is -2.36. The molecule has 1 saturated heterocycles. The molecule has 7 heteroatoms. The Hall–Kier alpha value is -1.73. The van der Waals surface area contributed by atoms with Crippen molar-refractivity contribution in [2.24, 2.45) is 5.92 Å². The molecule has 0 radical (unpaired) electrons. The van der Waals surface area contributed by atoms with Gasteiger partial charge in [0.2, 0.25) is 5.91 Å². The molecule has 2 aromatic rings. The molecule has 5 nitrogen and oxygen atoms in total. The number of carbonyl (C=O) groups excluding carboxylic acids is 1. The van der Waals surface area contributed by atoms with Crippen LogP contribution in [0.15, 0.2) is 41.1 Å². The average Bonchev–Trinajstić information content (AvgIpc) is 3.02. The summed E-state index contributed by atoms with van der Waals surface area (Å²) in [5, 5.41) is 4.21. The van der Waals surface area contributed by atoms with E-state index in [0.717, 1.165) is 42.8 Å². The summed E-state index contributed by atoms with van der Waals surface area (Å²) in [6, 6.07) is 6.61. The van der Waals surface area contributed by atoms with E-state index < -0.39 is 0 Å². The standard InChI is InChI=1S/C18H22BrFN4O/c1-14(11-24-13-16(19)10-21-24)18(25)23-8-6-22(7-9-23)12-15-2-4-17(20)5-3-15/h2-5,10,13-14H,6-9,11-12H2,1H3. The zero-order valence-electron chi connectivity index (χ0n) is 14.2. The van der Waals surface area contributed by atoms with Gasteiger partial charge in [0.05, 0.1) is 23.1 Å². The molecule has 1 fully saturated rings. The Morgan fingerprint density at radius 2 is 1.92 bits per heavy atom. The molecule has 1 amide bonds. The Morgan fingerprint density at radius 3 is 2.52 bits per heavy atom. The lowest BCUT2D eigenvalue weighted by Crippen LogP contribution is -2.50. The third-order valence-corrected chi connectivity index (χ3v) is 4.90. The molecule has 1 unspecified atom stereocenters. The van der Waals surface area contributed by atoms with Gasteiger partial charge in [-0.1, -0.05) is 19.1 Å². The van der Waals surface area contributed by atoms with Crippen molar-refractivity contribution < 1.29 is 9.18 Å². The number of carbonyl (C=O) groups is 1. The number of hydrogen-bond donors (Lipinski definition) is 0. The van der Waals surface area contributed by atoms with Crippen molar-refractivity contribution >= 4 is 21.8 Å². The van der Waals surface area contributed by atoms with Crippen molar-refractivity contribution in [3.05, 3.63) is 52.5 Å². The van der Waals surface area contributed by atoms with Crippen LogP contribution in [0.4, 0.5) is 4.39 Å². The SMILES string of the molecule is CC(Cn1cc(Br)cn1)C(=O)N1CCN(Cc2ccc(F)cc2)CC1. The normalized spacial score (nSPS) is 16.8. The predicted octanol–water partition coefficient (Wildman–Crippen LogP) is 2.77. The van der Waals surface area contributed by atoms with Gasteiger partial charge in [0, 0.05) is 38.9 Å². The van der Waals surface area contributed by atoms with Crippen molar-refractivity contribution in [2.45, 2.75) is 20.0 Å². The molecule has 1 aromatic heterocycles. The van der Waals surface area contributed by atoms with Gasteiger partial charge in [0.1, 0.15) is 5.82 Å². The van der Waals surface area contributed by atoms with Gasteiger partial charge in [0.15, 0.2) is 0 Å². The van der Waals surface area contributed by atoms with Crippen LogP contribution in [0.1, 0.15) is 12.5 Å². The largest absolute Gasteiger partial charge is 0.340 e. The summed E-state index contributed by atoms with van der Waals surface area (Å²) in [6.45, 7) is 6.45. The second-order valence-electron chi connectivity index (χ2n) is 6.51. The highest BCUT2D eigenvalue weighted by Gasteiger charge is 2.25. The number of halogens is 2. The number of rotatable bonds is 5. The third kappa shape index (κ3) is 4.89. The van der Waals surface area contributed by atoms with Crippen molar-refractivity contribution in [3.8, 4) is 0 Å². The first-order chi connectivity index (χ1) is 12.0. The van der Waals surface area contributed by atoms with Crippen LogP contribution < -0.4 is 0 Å². The first-order valence-electron chi connectivity index (χ1n) is 8.45. The molecule has 0 saturated carbocycles. The van der Waals surface area contributed by atoms with E-state index in [4.69, 9.17) is 0 Å². The van der Waals surface area contributed by atoms with Gasteiger partial charge in [-0.25, -0.2) is 4.39 Å². The minimum absolute atomic E-state index is 0.101. The molecule has 0 spiro atoms. The van der Waals surface area contributed by atoms with Crippen LogP contribution in [0.25, 0.3) is 0 Å². The smallest absolute Gasteiger partial charge is 0.227 e. The molecule has 1 atom stereocenters. The maximum Gasteiger partial charge on any atom is 0.227 e. The number of hydrogen-bond acceptors (Lipinski definition) is 3. The van der Waals surface area contributed by atoms with Gasteiger partial charge in [-0.05, 0) is 33.6 Å². The van der Waals surface area contributed by atoms with Crippen LogP contribution in [0, 0.1) is 11.7 Å². The van der Waals surface area contributed by atoms with E-state index in [2.05, 4.69) is 25.9 Å². The summed E-state index contributed by atoms with van der Waals surface area (Å²) < 4.78 is 15.7. The number of piperazine rings is 1. The van der Waals surface area contributed by atoms with Gasteiger partial charge in [-0.2, -0.15) is 5.10 Å². The summed E-state index contributed by atoms with van der Waals surface area (Å²) in [7, 11) is 0. The molecule has 25 heavy (non-hydrogen) atoms. The summed E-state index contributed by atoms with van der Waals surface area (Å²) in [6.07, 6.45) is 3.61. The first-order valence-corrected chi connectivity index (χ1v) is 9.24. The zero-order valence-corrected chi connectivity index (χ0v) is 15.8. The molecule has 134 valence electrons. The van der Waals surface area contributed by atoms with Gasteiger partial charge in [0.25, 0.3) is 0 Å². The number of nitrogens with zero attached hydrogens (tertiary/aromatic N) is 4. The highest BCUT2D eigenvalue weighted by molar-refractivity contribution is 9.10. The Bertz CT molecular complexity index is 710. The Balaban J connectivity index is 1.47. The Labute approximate surface area is 155 Å². The van der Waals surface area contributed by atoms with Gasteiger partial charge in [-0.3, -0.25) is 14.4 Å². The monoisotopic (exact) mass is 408 g/mol. The predicted molar refractivity (Wildman–Crippen MR) is 97.3 cm³/mol. The molecule has 0 bridgehead atoms. The van der Waals surface area contributed by atoms with Crippen molar-refractivity contribution in [1.29, 1.82) is 0 Å². The molecule has 1 aliphatic heterocycles. The van der Waals surface area contributed by atoms with Gasteiger partial charge < -0.3 is 4.90 Å². The van der Waals surface area contributed by atoms with Crippen LogP contribution >= 0.6 is 15.9 Å². The fourth-order valence-electron chi connectivity index (χ4n) is 3.08. The molecular weight excluding hydrogens is 387 g/mol. The van der Waals surface area contributed by atoms with Crippen LogP contribution in [0.2, 0.25) is 0 Å². The van der Waals surface area contributed by atoms with E-state index in [-0.39, 0.29) is 17.6 Å². The minimum Gasteiger partial charge on any atom is -0.340 e. The molecule has 0 N–H and O–H groups in total. The van der Waals surface area contributed by atoms with E-state index in [1.165, 1.54) is 12.1 Å². The highest BCUT2D eigenvalue weighted by atomic mass is 79.9. The summed E-state index contributed by atoms with van der Waals surface area (Å²) >= 11 is 3.37. The quantitative estimate of drug-likeness (QED) is 0.763. The molecule has 2 heterocycles. The first kappa shape index (κ1) is 18.1. The van der Waals surface area contributed by atoms with Gasteiger partial charge >= 0.3 is 0 Å². The third-order valence-electron chi connectivity index (χ3n) is 4.49. The Morgan fingerprint density at radius 1 is 1.24 bits per heavy atom. The molecule has 1 aliphatic rings. The molecule has 0 aliphatic carbocycles. The lowest BCUT2D eigenvalue weighted by atomic mass is 10.1. The fourth-order valence-corrected chi connectivity index (χ4v) is 3.41. The molecule has 1 aromatic carbocycles. The lowest BCUT2D eigenvalue weighted by molar-refractivity contribution is -0.137. The van der Waals surface area contributed by atoms with Gasteiger partial charge in [-0.15, -0.1) is 0 Å². The van der Waals surface area contributed by atoms with E-state index in [1.807, 2.05) is 30.2 Å². The summed E-state index contributed by atoms with van der Waals surface area (Å²) in [5.41, 5.74) is 1.10. The summed E-state index contributed by atoms with van der Waals surface area (Å²) in [5.74, 6) is -0.138. The van der Waals surface area contributed by atoms with E-state index in [1.54, 1.807) is 10.9 Å². The van der Waals surface area contributed by atoms with Crippen molar-refractivity contribution in [3.63, 3.8) is 0 Å². The zero-order chi connectivity index (χ0) is 17.8. The van der Waals surface area contributed by atoms with E-state index >= 15 is 0 Å². The van der Waals surface area contributed by atoms with E-state index in [0.29, 0.717) is 6.54 Å². The average molecular weight is 409 g/mol. The fraction of sp³-hybridized carbons (Fsp3) is 0.444. The highest BCUT2D eigenvalue weighted by Crippen LogP contribution is 2.14.